The van der Waals surface area contributed by atoms with Gasteiger partial charge in [-0.05, 0) is 37.3 Å². The molecule has 0 saturated heterocycles. The first-order valence-corrected chi connectivity index (χ1v) is 11.0. The van der Waals surface area contributed by atoms with E-state index in [1.807, 2.05) is 0 Å². The van der Waals surface area contributed by atoms with Gasteiger partial charge in [0.2, 0.25) is 0 Å². The van der Waals surface area contributed by atoms with Crippen LogP contribution in [-0.4, -0.2) is 19.8 Å². The molecule has 164 valence electrons. The van der Waals surface area contributed by atoms with Crippen LogP contribution >= 0.6 is 0 Å². The highest BCUT2D eigenvalue weighted by Crippen LogP contribution is 2.08. The number of nitrogens with zero attached hydrogens (tertiary/aromatic N) is 4. The number of aryl methyl sites for hydroxylation is 1. The van der Waals surface area contributed by atoms with Crippen LogP contribution in [-0.2, 0) is 17.7 Å². The Morgan fingerprint density at radius 1 is 0.800 bits per heavy atom. The number of pyridine rings is 1. The lowest BCUT2D eigenvalue weighted by Crippen LogP contribution is -3.00. The molecule has 0 aliphatic rings. The predicted octanol–water partition coefficient (Wildman–Crippen LogP) is 3.02. The summed E-state index contributed by atoms with van der Waals surface area (Å²) in [6, 6.07) is 14.9. The Bertz CT molecular complexity index is 720. The van der Waals surface area contributed by atoms with Crippen LogP contribution in [0.25, 0.3) is 10.4 Å². The second kappa shape index (κ2) is 17.8. The molecule has 0 fully saturated rings. The van der Waals surface area contributed by atoms with Gasteiger partial charge in [0.25, 0.3) is 0 Å². The van der Waals surface area contributed by atoms with Gasteiger partial charge in [0.15, 0.2) is 18.9 Å². The number of azide groups is 1. The summed E-state index contributed by atoms with van der Waals surface area (Å²) < 4.78 is 8.05. The van der Waals surface area contributed by atoms with Gasteiger partial charge in [0, 0.05) is 41.9 Å². The summed E-state index contributed by atoms with van der Waals surface area (Å²) in [5, 5.41) is 3.56. The number of hydrogen-bond donors (Lipinski definition) is 0. The Labute approximate surface area is 187 Å². The molecule has 2 aromatic rings. The summed E-state index contributed by atoms with van der Waals surface area (Å²) >= 11 is 0. The lowest BCUT2D eigenvalue weighted by atomic mass is 10.1. The standard InChI is InChI=1S/C24H35N4O.ClH/c25-27-26-17-9-4-2-1-3-5-10-19-29-20-12-16-24-15-11-18-28(22-24)21-23-13-7-6-8-14-23;/h6-8,11,13-15,18,22H,1-5,9-10,12,16-17,19-21H2;1H/q+1;/p-1. The van der Waals surface area contributed by atoms with Crippen LogP contribution in [0.2, 0.25) is 0 Å². The van der Waals surface area contributed by atoms with Crippen LogP contribution in [0.5, 0.6) is 0 Å². The highest BCUT2D eigenvalue weighted by molar-refractivity contribution is 5.13. The molecule has 0 saturated carbocycles. The van der Waals surface area contributed by atoms with Crippen molar-refractivity contribution in [3.05, 3.63) is 76.4 Å². The molecule has 0 unspecified atom stereocenters. The maximum Gasteiger partial charge on any atom is 0.173 e. The first-order valence-electron chi connectivity index (χ1n) is 11.0. The molecule has 1 aromatic carbocycles. The van der Waals surface area contributed by atoms with Crippen molar-refractivity contribution in [3.63, 3.8) is 0 Å². The van der Waals surface area contributed by atoms with E-state index in [-0.39, 0.29) is 12.4 Å². The minimum atomic E-state index is 0. The Morgan fingerprint density at radius 3 is 2.23 bits per heavy atom. The van der Waals surface area contributed by atoms with Crippen molar-refractivity contribution in [3.8, 4) is 0 Å². The number of benzene rings is 1. The normalized spacial score (nSPS) is 10.3. The first kappa shape index (κ1) is 26.0. The Morgan fingerprint density at radius 2 is 1.47 bits per heavy atom. The van der Waals surface area contributed by atoms with E-state index >= 15 is 0 Å². The van der Waals surface area contributed by atoms with Gasteiger partial charge in [-0.15, -0.1) is 0 Å². The van der Waals surface area contributed by atoms with Crippen LogP contribution in [0.1, 0.15) is 62.5 Å². The van der Waals surface area contributed by atoms with Gasteiger partial charge in [0.05, 0.1) is 0 Å². The summed E-state index contributed by atoms with van der Waals surface area (Å²) in [4.78, 5) is 2.77. The Balaban J connectivity index is 0.00000450. The SMILES string of the molecule is [Cl-].[N-]=[N+]=NCCCCCCCCCOCCCc1ccc[n+](Cc2ccccc2)c1. The van der Waals surface area contributed by atoms with Gasteiger partial charge in [-0.2, -0.15) is 0 Å². The van der Waals surface area contributed by atoms with Crippen molar-refractivity contribution >= 4 is 0 Å². The molecular formula is C24H35ClN4O. The number of aromatic nitrogens is 1. The molecule has 1 aromatic heterocycles. The van der Waals surface area contributed by atoms with E-state index < -0.39 is 0 Å². The topological polar surface area (TPSA) is 61.9 Å². The molecular weight excluding hydrogens is 396 g/mol. The zero-order valence-electron chi connectivity index (χ0n) is 18.0. The fourth-order valence-corrected chi connectivity index (χ4v) is 3.41. The van der Waals surface area contributed by atoms with E-state index in [2.05, 4.69) is 69.5 Å². The second-order valence-corrected chi connectivity index (χ2v) is 7.52. The number of hydrogen-bond acceptors (Lipinski definition) is 2. The molecule has 0 radical (unpaired) electrons. The maximum absolute atomic E-state index is 8.21. The van der Waals surface area contributed by atoms with Gasteiger partial charge in [-0.3, -0.25) is 0 Å². The minimum Gasteiger partial charge on any atom is -1.00 e. The fourth-order valence-electron chi connectivity index (χ4n) is 3.41. The highest BCUT2D eigenvalue weighted by Gasteiger charge is 2.04. The molecule has 0 aliphatic heterocycles. The van der Waals surface area contributed by atoms with E-state index in [9.17, 15) is 0 Å². The molecule has 0 atom stereocenters. The van der Waals surface area contributed by atoms with E-state index in [1.165, 1.54) is 43.2 Å². The average molecular weight is 431 g/mol. The van der Waals surface area contributed by atoms with Crippen molar-refractivity contribution in [2.75, 3.05) is 19.8 Å². The number of unbranched alkanes of at least 4 members (excludes halogenated alkanes) is 6. The lowest BCUT2D eigenvalue weighted by molar-refractivity contribution is -0.688. The van der Waals surface area contributed by atoms with Gasteiger partial charge in [0.1, 0.15) is 0 Å². The van der Waals surface area contributed by atoms with E-state index in [0.717, 1.165) is 45.4 Å². The quantitative estimate of drug-likeness (QED) is 0.133. The molecule has 0 amide bonds. The van der Waals surface area contributed by atoms with Gasteiger partial charge in [-0.1, -0.05) is 67.6 Å². The zero-order valence-corrected chi connectivity index (χ0v) is 18.7. The molecule has 6 heteroatoms. The second-order valence-electron chi connectivity index (χ2n) is 7.52. The van der Waals surface area contributed by atoms with Crippen LogP contribution in [0, 0.1) is 0 Å². The Kier molecular flexibility index (Phi) is 15.4. The third kappa shape index (κ3) is 12.5. The smallest absolute Gasteiger partial charge is 0.173 e. The average Bonchev–Trinajstić information content (AvgIpc) is 2.75. The molecule has 0 aliphatic carbocycles. The van der Waals surface area contributed by atoms with Gasteiger partial charge in [-0.25, -0.2) is 4.57 Å². The molecule has 1 heterocycles. The molecule has 0 N–H and O–H groups in total. The number of ether oxygens (including phenoxy) is 1. The van der Waals surface area contributed by atoms with Gasteiger partial charge >= 0.3 is 0 Å². The number of halogens is 1. The number of rotatable bonds is 16. The molecule has 0 spiro atoms. The lowest BCUT2D eigenvalue weighted by Gasteiger charge is -2.05. The van der Waals surface area contributed by atoms with Crippen LogP contribution in [0.15, 0.2) is 60.0 Å². The summed E-state index contributed by atoms with van der Waals surface area (Å²) in [6.45, 7) is 3.27. The summed E-state index contributed by atoms with van der Waals surface area (Å²) in [7, 11) is 0. The molecule has 2 rings (SSSR count). The van der Waals surface area contributed by atoms with E-state index in [4.69, 9.17) is 10.3 Å². The third-order valence-corrected chi connectivity index (χ3v) is 4.99. The largest absolute Gasteiger partial charge is 1.00 e. The summed E-state index contributed by atoms with van der Waals surface area (Å²) in [5.41, 5.74) is 10.9. The third-order valence-electron chi connectivity index (χ3n) is 4.99. The highest BCUT2D eigenvalue weighted by atomic mass is 35.5. The van der Waals surface area contributed by atoms with Gasteiger partial charge < -0.3 is 17.1 Å². The predicted molar refractivity (Wildman–Crippen MR) is 118 cm³/mol. The van der Waals surface area contributed by atoms with Crippen LogP contribution in [0.3, 0.4) is 0 Å². The Hall–Kier alpha value is -2.07. The van der Waals surface area contributed by atoms with Crippen LogP contribution < -0.4 is 17.0 Å². The maximum atomic E-state index is 8.21. The van der Waals surface area contributed by atoms with E-state index in [1.54, 1.807) is 0 Å². The van der Waals surface area contributed by atoms with Crippen molar-refractivity contribution in [1.29, 1.82) is 0 Å². The first-order chi connectivity index (χ1) is 14.4. The zero-order chi connectivity index (χ0) is 20.4. The van der Waals surface area contributed by atoms with Crippen molar-refractivity contribution in [2.45, 2.75) is 64.3 Å². The monoisotopic (exact) mass is 430 g/mol. The molecule has 30 heavy (non-hydrogen) atoms. The molecule has 5 nitrogen and oxygen atoms in total. The molecule has 0 bridgehead atoms. The fraction of sp³-hybridized carbons (Fsp3) is 0.542. The van der Waals surface area contributed by atoms with Crippen molar-refractivity contribution < 1.29 is 21.7 Å². The van der Waals surface area contributed by atoms with Crippen molar-refractivity contribution in [1.82, 2.24) is 0 Å². The van der Waals surface area contributed by atoms with Crippen LogP contribution in [0.4, 0.5) is 0 Å². The van der Waals surface area contributed by atoms with E-state index in [0.29, 0.717) is 6.54 Å². The minimum absolute atomic E-state index is 0. The summed E-state index contributed by atoms with van der Waals surface area (Å²) in [5.74, 6) is 0. The summed E-state index contributed by atoms with van der Waals surface area (Å²) in [6.07, 6.45) is 14.9. The van der Waals surface area contributed by atoms with Crippen molar-refractivity contribution in [2.24, 2.45) is 5.11 Å².